The summed E-state index contributed by atoms with van der Waals surface area (Å²) in [6.45, 7) is 3.82. The Bertz CT molecular complexity index is 4670. The van der Waals surface area contributed by atoms with Crippen molar-refractivity contribution in [2.75, 3.05) is 20.3 Å². The Hall–Kier alpha value is -9.43. The Morgan fingerprint density at radius 1 is 0.702 bits per heavy atom. The molecule has 5 aromatic rings. The molecule has 0 aliphatic carbocycles. The van der Waals surface area contributed by atoms with Gasteiger partial charge in [0.05, 0.1) is 41.3 Å². The summed E-state index contributed by atoms with van der Waals surface area (Å²) in [7, 11) is -10.3. The monoisotopic (exact) mass is 1680 g/mol. The van der Waals surface area contributed by atoms with Crippen LogP contribution in [0.2, 0.25) is 10.0 Å². The van der Waals surface area contributed by atoms with Crippen molar-refractivity contribution in [3.05, 3.63) is 117 Å². The number of aliphatic hydroxyl groups is 6. The number of ether oxygens (including phenoxy) is 7. The minimum Gasteiger partial charge on any atom is -0.508 e. The smallest absolute Gasteiger partial charge is 0.360 e. The molecule has 12 rings (SSSR count). The lowest BCUT2D eigenvalue weighted by Crippen LogP contribution is -2.64. The van der Waals surface area contributed by atoms with E-state index in [-0.39, 0.29) is 24.3 Å². The highest BCUT2D eigenvalue weighted by Gasteiger charge is 2.52. The van der Waals surface area contributed by atoms with Gasteiger partial charge in [-0.3, -0.25) is 47.5 Å². The number of nitrogens with two attached hydrogens (primary N) is 2. The zero-order chi connectivity index (χ0) is 83.8. The van der Waals surface area contributed by atoms with Gasteiger partial charge in [-0.25, -0.2) is 4.79 Å². The first kappa shape index (κ1) is 87.0. The van der Waals surface area contributed by atoms with Crippen LogP contribution in [0.4, 0.5) is 0 Å². The second kappa shape index (κ2) is 34.9. The number of rotatable bonds is 18. The molecule has 11 bridgehead atoms. The van der Waals surface area contributed by atoms with Crippen LogP contribution in [-0.4, -0.2) is 223 Å². The number of primary amides is 1. The van der Waals surface area contributed by atoms with Crippen LogP contribution in [0.15, 0.2) is 78.9 Å². The maximum absolute atomic E-state index is 16.2. The van der Waals surface area contributed by atoms with Crippen molar-refractivity contribution in [3.8, 4) is 57.1 Å². The lowest BCUT2D eigenvalue weighted by Gasteiger charge is -2.47. The third-order valence-electron chi connectivity index (χ3n) is 19.0. The lowest BCUT2D eigenvalue weighted by molar-refractivity contribution is -0.333. The van der Waals surface area contributed by atoms with Crippen molar-refractivity contribution >= 4 is 91.6 Å². The number of nitrogens with one attached hydrogen (secondary N) is 8. The van der Waals surface area contributed by atoms with Gasteiger partial charge in [0.25, 0.3) is 5.91 Å². The molecule has 0 aromatic heterocycles. The fourth-order valence-corrected chi connectivity index (χ4v) is 15.9. The Morgan fingerprint density at radius 2 is 1.29 bits per heavy atom. The van der Waals surface area contributed by atoms with Gasteiger partial charge >= 0.3 is 21.2 Å². The summed E-state index contributed by atoms with van der Waals surface area (Å²) in [6, 6.07) is -2.76. The molecule has 114 heavy (non-hydrogen) atoms. The molecular formula is C69H82Cl2N10O31P2. The highest BCUT2D eigenvalue weighted by atomic mass is 35.5. The molecular weight excluding hydrogens is 1600 g/mol. The summed E-state index contributed by atoms with van der Waals surface area (Å²) >= 11 is 14.2. The van der Waals surface area contributed by atoms with E-state index in [4.69, 9.17) is 67.8 Å². The summed E-state index contributed by atoms with van der Waals surface area (Å²) in [5.41, 5.74) is 3.78. The third kappa shape index (κ3) is 19.4. The van der Waals surface area contributed by atoms with Crippen molar-refractivity contribution in [2.24, 2.45) is 17.4 Å². The molecule has 41 nitrogen and oxygen atoms in total. The van der Waals surface area contributed by atoms with Gasteiger partial charge in [0, 0.05) is 34.7 Å². The number of hydrogen-bond acceptors (Lipinski definition) is 29. The standard InChI is InChI=1S/C69H82Cl2N10O31P2/c1-24(2)12-35(74-5)60(93)80-51-53(88)27-7-10-39(33(70)14-27)108-41-16-29-17-42(57(41)112-67-58(56(91)55(90)43(22-82)110-67)111-46-21-69(4,73)59(92)25(3)107-46)109-40-11-8-28(15-34(40)71)54(89)52-65(98)79-50(66(99)106-23-45(87)76-68(113(100,101)102)114(103,104)105)32-18-30(83)19-38(85)47(32)31-13-26(6-9-37(31)84)48(62(95)81-52)78-63(96)49(29)77-61(94)36(20-44(72)86)75-64(51)97/h6-11,13-19,24-25,35-36,43,46,48-56,58-59,67-68,74,82-85,88-92H,12,20-23,73H2,1-5H3,(H2,72,86)(H,75,97)(H,76,87)(H,77,94)(H,78,96)(H,79,98)(H,80,93)(H,81,95)(H2,100,101,102)(H2,103,104,105)/t25?,35?,36?,43?,46?,48?,49?,50-,51?,52?,53+,54-,55?,56?,58?,59?,67?,69?/m1/s1. The quantitative estimate of drug-likeness (QED) is 0.0344. The molecule has 18 atom stereocenters. The average molecular weight is 1680 g/mol. The molecule has 0 saturated carbocycles. The van der Waals surface area contributed by atoms with Gasteiger partial charge in [0.1, 0.15) is 89.5 Å². The summed E-state index contributed by atoms with van der Waals surface area (Å²) in [5, 5.41) is 122. The number of benzene rings is 5. The lowest BCUT2D eigenvalue weighted by atomic mass is 9.86. The number of fused-ring (bicyclic) bond motifs is 15. The molecule has 25 N–H and O–H groups in total. The number of carbonyl (C=O) groups excluding carboxylic acids is 9. The minimum atomic E-state index is -5.88. The van der Waals surface area contributed by atoms with E-state index in [1.54, 1.807) is 13.8 Å². The van der Waals surface area contributed by atoms with E-state index < -0.39 is 292 Å². The number of aromatic hydroxyl groups is 3. The zero-order valence-electron chi connectivity index (χ0n) is 60.5. The SMILES string of the molecule is CNC(CC(C)C)C(=O)NC1C(=O)NC(CC(N)=O)C(=O)NC2C(=O)NC3C(=O)NC(C(=O)N[C@@H](C(=O)OCC(=O)NC(P(=O)(O)O)P(=O)(O)O)c4cc(O)cc(O)c4-c4cc3ccc4O)[C@H](O)c3ccc(c(Cl)c3)Oc3cc2cc(c3OC2OC(CO)C(O)C(O)C2OC2CC(C)(N)C(O)C(C)O2)Oc2ccc(cc2Cl)[C@@H]1O. The maximum Gasteiger partial charge on any atom is 0.360 e. The Balaban J connectivity index is 1.21. The second-order valence-corrected chi connectivity index (χ2v) is 32.7. The van der Waals surface area contributed by atoms with Crippen LogP contribution in [0.5, 0.6) is 46.0 Å². The molecule has 7 aliphatic heterocycles. The number of aliphatic hydroxyl groups excluding tert-OH is 6. The Kier molecular flexibility index (Phi) is 26.7. The molecule has 618 valence electrons. The van der Waals surface area contributed by atoms with Crippen molar-refractivity contribution < 1.29 is 151 Å². The summed E-state index contributed by atoms with van der Waals surface area (Å²) in [5.74, 6) is -19.4. The van der Waals surface area contributed by atoms with Gasteiger partial charge in [0.2, 0.25) is 58.9 Å². The fraction of sp³-hybridized carbons (Fsp3) is 0.435. The van der Waals surface area contributed by atoms with Crippen LogP contribution < -0.4 is 68.2 Å². The van der Waals surface area contributed by atoms with Gasteiger partial charge in [-0.1, -0.05) is 55.2 Å². The van der Waals surface area contributed by atoms with Crippen LogP contribution in [0.25, 0.3) is 11.1 Å². The minimum absolute atomic E-state index is 0.138. The first-order valence-corrected chi connectivity index (χ1v) is 38.8. The highest BCUT2D eigenvalue weighted by molar-refractivity contribution is 7.70. The van der Waals surface area contributed by atoms with Gasteiger partial charge in [-0.15, -0.1) is 0 Å². The van der Waals surface area contributed by atoms with E-state index in [9.17, 15) is 98.6 Å². The molecule has 2 fully saturated rings. The first-order chi connectivity index (χ1) is 53.4. The van der Waals surface area contributed by atoms with Gasteiger partial charge in [0.15, 0.2) is 36.5 Å². The van der Waals surface area contributed by atoms with Gasteiger partial charge in [-0.05, 0) is 110 Å². The van der Waals surface area contributed by atoms with Crippen molar-refractivity contribution in [2.45, 2.75) is 162 Å². The topological polar surface area (TPSA) is 664 Å². The maximum atomic E-state index is 16.2. The van der Waals surface area contributed by atoms with Gasteiger partial charge in [-0.2, -0.15) is 0 Å². The van der Waals surface area contributed by atoms with Crippen molar-refractivity contribution in [1.29, 1.82) is 0 Å². The molecule has 7 aliphatic rings. The highest BCUT2D eigenvalue weighted by Crippen LogP contribution is 2.58. The number of hydrogen-bond donors (Lipinski definition) is 23. The predicted octanol–water partition coefficient (Wildman–Crippen LogP) is -1.68. The molecule has 2 saturated heterocycles. The predicted molar refractivity (Wildman–Crippen MR) is 389 cm³/mol. The van der Waals surface area contributed by atoms with Crippen LogP contribution in [0.1, 0.15) is 105 Å². The molecule has 45 heteroatoms. The van der Waals surface area contributed by atoms with Crippen LogP contribution in [-0.2, 0) is 71.2 Å². The molecule has 8 amide bonds. The van der Waals surface area contributed by atoms with E-state index in [0.717, 1.165) is 60.7 Å². The molecule has 5 aromatic carbocycles. The van der Waals surface area contributed by atoms with E-state index >= 15 is 19.2 Å². The van der Waals surface area contributed by atoms with Crippen molar-refractivity contribution in [3.63, 3.8) is 0 Å². The second-order valence-electron chi connectivity index (χ2n) is 28.1. The largest absolute Gasteiger partial charge is 0.508 e. The van der Waals surface area contributed by atoms with Crippen LogP contribution in [0.3, 0.4) is 0 Å². The van der Waals surface area contributed by atoms with E-state index in [1.165, 1.54) is 32.3 Å². The van der Waals surface area contributed by atoms with Crippen molar-refractivity contribution in [1.82, 2.24) is 42.5 Å². The number of amides is 8. The molecule has 0 radical (unpaired) electrons. The molecule has 7 heterocycles. The molecule has 15 unspecified atom stereocenters. The summed E-state index contributed by atoms with van der Waals surface area (Å²) in [6.07, 6.45) is -19.4. The third-order valence-corrected chi connectivity index (χ3v) is 23.0. The van der Waals surface area contributed by atoms with Gasteiger partial charge < -0.3 is 153 Å². The first-order valence-electron chi connectivity index (χ1n) is 34.7. The number of carbonyl (C=O) groups is 9. The van der Waals surface area contributed by atoms with E-state index in [2.05, 4.69) is 37.2 Å². The number of esters is 1. The normalized spacial score (nSPS) is 27.7. The molecule has 0 spiro atoms. The van der Waals surface area contributed by atoms with E-state index in [1.807, 2.05) is 0 Å². The summed E-state index contributed by atoms with van der Waals surface area (Å²) in [4.78, 5) is 171. The van der Waals surface area contributed by atoms with Crippen LogP contribution >= 0.6 is 38.4 Å². The number of phenolic OH excluding ortho intramolecular Hbond substituents is 3. The number of phenols is 3. The van der Waals surface area contributed by atoms with Crippen LogP contribution in [0, 0.1) is 5.92 Å². The van der Waals surface area contributed by atoms with E-state index in [0.29, 0.717) is 12.1 Å². The zero-order valence-corrected chi connectivity index (χ0v) is 63.8. The number of halogens is 2. The fourth-order valence-electron chi connectivity index (χ4n) is 13.3. The Labute approximate surface area is 655 Å². The Morgan fingerprint density at radius 3 is 1.86 bits per heavy atom. The number of likely N-dealkylation sites (N-methyl/N-ethyl adjacent to an activating group) is 1. The average Bonchev–Trinajstić information content (AvgIpc) is 0.766. The summed E-state index contributed by atoms with van der Waals surface area (Å²) < 4.78 is 67.6.